The quantitative estimate of drug-likeness (QED) is 0.231. The zero-order chi connectivity index (χ0) is 20.8. The number of benzene rings is 3. The molecule has 0 radical (unpaired) electrons. The Kier molecular flexibility index (Phi) is 7.17. The Morgan fingerprint density at radius 1 is 1.14 bits per heavy atom. The molecule has 3 rings (SSSR count). The molecule has 0 spiro atoms. The van der Waals surface area contributed by atoms with Gasteiger partial charge in [-0.3, -0.25) is 4.79 Å². The van der Waals surface area contributed by atoms with E-state index in [1.807, 2.05) is 36.4 Å². The van der Waals surface area contributed by atoms with Crippen LogP contribution in [-0.4, -0.2) is 18.0 Å². The highest BCUT2D eigenvalue weighted by molar-refractivity contribution is 14.1. The Morgan fingerprint density at radius 3 is 2.66 bits per heavy atom. The van der Waals surface area contributed by atoms with Crippen LogP contribution in [0.3, 0.4) is 0 Å². The minimum absolute atomic E-state index is 0.0571. The number of ketones is 1. The fourth-order valence-corrected chi connectivity index (χ4v) is 3.68. The lowest BCUT2D eigenvalue weighted by Crippen LogP contribution is -2.00. The summed E-state index contributed by atoms with van der Waals surface area (Å²) in [6, 6.07) is 17.4. The number of hydrogen-bond acceptors (Lipinski definition) is 4. The summed E-state index contributed by atoms with van der Waals surface area (Å²) in [5.74, 6) is 1.06. The lowest BCUT2D eigenvalue weighted by atomic mass is 10.1. The van der Waals surface area contributed by atoms with Gasteiger partial charge in [-0.25, -0.2) is 0 Å². The molecule has 4 nitrogen and oxygen atoms in total. The zero-order valence-corrected chi connectivity index (χ0v) is 18.5. The van der Waals surface area contributed by atoms with Crippen LogP contribution in [0.2, 0.25) is 5.02 Å². The smallest absolute Gasteiger partial charge is 0.185 e. The van der Waals surface area contributed by atoms with E-state index >= 15 is 0 Å². The molecule has 3 aromatic carbocycles. The van der Waals surface area contributed by atoms with E-state index in [-0.39, 0.29) is 11.5 Å². The van der Waals surface area contributed by atoms with Gasteiger partial charge in [-0.15, -0.1) is 0 Å². The van der Waals surface area contributed by atoms with E-state index in [1.54, 1.807) is 25.3 Å². The lowest BCUT2D eigenvalue weighted by Gasteiger charge is -2.14. The third kappa shape index (κ3) is 5.74. The summed E-state index contributed by atoms with van der Waals surface area (Å²) in [6.07, 6.45) is 3.17. The van der Waals surface area contributed by atoms with Crippen molar-refractivity contribution in [1.82, 2.24) is 0 Å². The molecule has 0 unspecified atom stereocenters. The number of halogens is 2. The van der Waals surface area contributed by atoms with Crippen molar-refractivity contribution in [2.75, 3.05) is 7.11 Å². The molecule has 29 heavy (non-hydrogen) atoms. The SMILES string of the molecule is COc1cc(C=CC(=O)c2cccc(O)c2)cc(I)c1OCc1cccc(Cl)c1. The van der Waals surface area contributed by atoms with Gasteiger partial charge in [-0.05, 0) is 76.2 Å². The number of hydrogen-bond donors (Lipinski definition) is 1. The number of rotatable bonds is 7. The standard InChI is InChI=1S/C23H18ClIO4/c1-28-22-12-15(8-9-21(27)17-5-3-7-19(26)13-17)11-20(25)23(22)29-14-16-4-2-6-18(24)10-16/h2-13,26H,14H2,1H3. The Morgan fingerprint density at radius 2 is 1.93 bits per heavy atom. The molecule has 0 bridgehead atoms. The summed E-state index contributed by atoms with van der Waals surface area (Å²) in [6.45, 7) is 0.359. The molecule has 3 aromatic rings. The highest BCUT2D eigenvalue weighted by atomic mass is 127. The van der Waals surface area contributed by atoms with Crippen molar-refractivity contribution in [2.45, 2.75) is 6.61 Å². The van der Waals surface area contributed by atoms with Crippen molar-refractivity contribution in [3.05, 3.63) is 92.0 Å². The van der Waals surface area contributed by atoms with Gasteiger partial charge in [0.15, 0.2) is 17.3 Å². The van der Waals surface area contributed by atoms with Gasteiger partial charge in [0.05, 0.1) is 10.7 Å². The van der Waals surface area contributed by atoms with Crippen molar-refractivity contribution in [3.63, 3.8) is 0 Å². The fraction of sp³-hybridized carbons (Fsp3) is 0.0870. The molecule has 0 aliphatic carbocycles. The lowest BCUT2D eigenvalue weighted by molar-refractivity contribution is 0.104. The van der Waals surface area contributed by atoms with Crippen molar-refractivity contribution in [1.29, 1.82) is 0 Å². The van der Waals surface area contributed by atoms with Crippen LogP contribution in [0, 0.1) is 3.57 Å². The minimum atomic E-state index is -0.198. The second-order valence-corrected chi connectivity index (χ2v) is 7.80. The second kappa shape index (κ2) is 9.80. The third-order valence-corrected chi connectivity index (χ3v) is 5.12. The van der Waals surface area contributed by atoms with E-state index in [1.165, 1.54) is 18.2 Å². The van der Waals surface area contributed by atoms with Crippen LogP contribution in [0.1, 0.15) is 21.5 Å². The van der Waals surface area contributed by atoms with Crippen LogP contribution in [0.25, 0.3) is 6.08 Å². The largest absolute Gasteiger partial charge is 0.508 e. The molecule has 0 atom stereocenters. The molecule has 0 aliphatic heterocycles. The van der Waals surface area contributed by atoms with Crippen molar-refractivity contribution in [3.8, 4) is 17.2 Å². The molecule has 1 N–H and O–H groups in total. The van der Waals surface area contributed by atoms with E-state index in [4.69, 9.17) is 21.1 Å². The summed E-state index contributed by atoms with van der Waals surface area (Å²) in [7, 11) is 1.57. The van der Waals surface area contributed by atoms with Gasteiger partial charge in [0.25, 0.3) is 0 Å². The topological polar surface area (TPSA) is 55.8 Å². The number of methoxy groups -OCH3 is 1. The summed E-state index contributed by atoms with van der Waals surface area (Å²) >= 11 is 8.19. The van der Waals surface area contributed by atoms with Crippen LogP contribution in [-0.2, 0) is 6.61 Å². The van der Waals surface area contributed by atoms with Gasteiger partial charge in [0.2, 0.25) is 0 Å². The minimum Gasteiger partial charge on any atom is -0.508 e. The number of phenolic OH excluding ortho intramolecular Hbond substituents is 1. The van der Waals surface area contributed by atoms with E-state index in [0.717, 1.165) is 14.7 Å². The maximum atomic E-state index is 12.3. The molecule has 148 valence electrons. The first-order chi connectivity index (χ1) is 14.0. The molecule has 0 heterocycles. The van der Waals surface area contributed by atoms with E-state index in [2.05, 4.69) is 22.6 Å². The van der Waals surface area contributed by atoms with Gasteiger partial charge in [0, 0.05) is 10.6 Å². The summed E-state index contributed by atoms with van der Waals surface area (Å²) in [5.41, 5.74) is 2.18. The fourth-order valence-electron chi connectivity index (χ4n) is 2.69. The molecule has 0 amide bonds. The van der Waals surface area contributed by atoms with Crippen molar-refractivity contribution < 1.29 is 19.4 Å². The maximum absolute atomic E-state index is 12.3. The van der Waals surface area contributed by atoms with Gasteiger partial charge in [-0.1, -0.05) is 41.9 Å². The molecule has 0 saturated carbocycles. The number of allylic oxidation sites excluding steroid dienone is 1. The predicted octanol–water partition coefficient (Wildman–Crippen LogP) is 6.13. The van der Waals surface area contributed by atoms with Crippen molar-refractivity contribution >= 4 is 46.1 Å². The van der Waals surface area contributed by atoms with Crippen molar-refractivity contribution in [2.24, 2.45) is 0 Å². The predicted molar refractivity (Wildman–Crippen MR) is 123 cm³/mol. The monoisotopic (exact) mass is 520 g/mol. The van der Waals surface area contributed by atoms with Gasteiger partial charge in [0.1, 0.15) is 12.4 Å². The first-order valence-corrected chi connectivity index (χ1v) is 10.2. The zero-order valence-electron chi connectivity index (χ0n) is 15.6. The number of carbonyl (C=O) groups excluding carboxylic acids is 1. The summed E-state index contributed by atoms with van der Waals surface area (Å²) in [5, 5.41) is 10.2. The third-order valence-electron chi connectivity index (χ3n) is 4.08. The van der Waals surface area contributed by atoms with Crippen LogP contribution in [0.5, 0.6) is 17.2 Å². The molecule has 0 fully saturated rings. The van der Waals surface area contributed by atoms with Crippen LogP contribution >= 0.6 is 34.2 Å². The second-order valence-electron chi connectivity index (χ2n) is 6.20. The molecule has 6 heteroatoms. The first kappa shape index (κ1) is 21.2. The number of phenols is 1. The van der Waals surface area contributed by atoms with Crippen LogP contribution in [0.4, 0.5) is 0 Å². The highest BCUT2D eigenvalue weighted by Crippen LogP contribution is 2.35. The number of ether oxygens (including phenoxy) is 2. The average molecular weight is 521 g/mol. The molecular formula is C23H18ClIO4. The highest BCUT2D eigenvalue weighted by Gasteiger charge is 2.12. The van der Waals surface area contributed by atoms with Gasteiger partial charge in [-0.2, -0.15) is 0 Å². The Bertz CT molecular complexity index is 1060. The molecule has 0 saturated heterocycles. The molecule has 0 aliphatic rings. The molecular weight excluding hydrogens is 503 g/mol. The van der Waals surface area contributed by atoms with E-state index in [9.17, 15) is 9.90 Å². The molecule has 0 aromatic heterocycles. The Balaban J connectivity index is 1.78. The summed E-state index contributed by atoms with van der Waals surface area (Å²) in [4.78, 5) is 12.3. The average Bonchev–Trinajstić information content (AvgIpc) is 2.70. The number of carbonyl (C=O) groups is 1. The Labute approximate surface area is 187 Å². The Hall–Kier alpha value is -2.51. The van der Waals surface area contributed by atoms with Crippen LogP contribution in [0.15, 0.2) is 66.7 Å². The van der Waals surface area contributed by atoms with E-state index in [0.29, 0.717) is 28.7 Å². The number of aromatic hydroxyl groups is 1. The maximum Gasteiger partial charge on any atom is 0.185 e. The summed E-state index contributed by atoms with van der Waals surface area (Å²) < 4.78 is 12.3. The van der Waals surface area contributed by atoms with Gasteiger partial charge >= 0.3 is 0 Å². The normalized spacial score (nSPS) is 10.9. The first-order valence-electron chi connectivity index (χ1n) is 8.72. The van der Waals surface area contributed by atoms with Gasteiger partial charge < -0.3 is 14.6 Å². The van der Waals surface area contributed by atoms with Crippen LogP contribution < -0.4 is 9.47 Å². The van der Waals surface area contributed by atoms with E-state index < -0.39 is 0 Å².